The van der Waals surface area contributed by atoms with Crippen LogP contribution in [0.1, 0.15) is 52.4 Å². The van der Waals surface area contributed by atoms with Crippen molar-refractivity contribution in [3.63, 3.8) is 0 Å². The Balaban J connectivity index is 1.57. The van der Waals surface area contributed by atoms with Crippen LogP contribution in [-0.4, -0.2) is 61.7 Å². The molecule has 1 saturated heterocycles. The lowest BCUT2D eigenvalue weighted by atomic mass is 9.87. The summed E-state index contributed by atoms with van der Waals surface area (Å²) in [6.45, 7) is 10.9. The predicted octanol–water partition coefficient (Wildman–Crippen LogP) is 2.57. The van der Waals surface area contributed by atoms with Crippen LogP contribution in [-0.2, 0) is 0 Å². The van der Waals surface area contributed by atoms with E-state index in [0.717, 1.165) is 18.0 Å². The average Bonchev–Trinajstić information content (AvgIpc) is 2.49. The second kappa shape index (κ2) is 8.35. The third kappa shape index (κ3) is 5.01. The molecular formula is C17H35N3. The summed E-state index contributed by atoms with van der Waals surface area (Å²) in [7, 11) is 2.32. The Kier molecular flexibility index (Phi) is 6.79. The van der Waals surface area contributed by atoms with Crippen molar-refractivity contribution in [2.45, 2.75) is 64.5 Å². The van der Waals surface area contributed by atoms with Crippen LogP contribution in [0.3, 0.4) is 0 Å². The fraction of sp³-hybridized carbons (Fsp3) is 1.00. The minimum atomic E-state index is 0.793. The molecule has 3 heteroatoms. The minimum absolute atomic E-state index is 0.793. The Labute approximate surface area is 126 Å². The lowest BCUT2D eigenvalue weighted by Crippen LogP contribution is -2.46. The van der Waals surface area contributed by atoms with Gasteiger partial charge in [-0.3, -0.25) is 0 Å². The smallest absolute Gasteiger partial charge is 0.0117 e. The summed E-state index contributed by atoms with van der Waals surface area (Å²) in [5, 5.41) is 3.78. The van der Waals surface area contributed by atoms with E-state index in [-0.39, 0.29) is 0 Å². The van der Waals surface area contributed by atoms with Crippen molar-refractivity contribution in [1.29, 1.82) is 0 Å². The summed E-state index contributed by atoms with van der Waals surface area (Å²) >= 11 is 0. The van der Waals surface area contributed by atoms with E-state index in [1.165, 1.54) is 71.2 Å². The molecule has 0 aromatic carbocycles. The second-order valence-corrected chi connectivity index (χ2v) is 7.06. The van der Waals surface area contributed by atoms with Gasteiger partial charge < -0.3 is 15.1 Å². The number of piperidine rings is 1. The van der Waals surface area contributed by atoms with E-state index >= 15 is 0 Å². The Morgan fingerprint density at radius 2 is 1.70 bits per heavy atom. The summed E-state index contributed by atoms with van der Waals surface area (Å²) in [5.41, 5.74) is 0. The van der Waals surface area contributed by atoms with Crippen LogP contribution < -0.4 is 5.32 Å². The lowest BCUT2D eigenvalue weighted by molar-refractivity contribution is 0.130. The van der Waals surface area contributed by atoms with Crippen molar-refractivity contribution >= 4 is 0 Å². The Hall–Kier alpha value is -0.120. The molecule has 1 saturated carbocycles. The maximum Gasteiger partial charge on any atom is 0.0117 e. The molecule has 1 heterocycles. The fourth-order valence-electron chi connectivity index (χ4n) is 3.77. The molecule has 2 rings (SSSR count). The van der Waals surface area contributed by atoms with E-state index in [1.807, 2.05) is 0 Å². The molecule has 1 aliphatic carbocycles. The number of hydrogen-bond donors (Lipinski definition) is 1. The molecule has 2 aliphatic rings. The lowest BCUT2D eigenvalue weighted by Gasteiger charge is -2.36. The molecule has 0 amide bonds. The number of hydrogen-bond acceptors (Lipinski definition) is 3. The first-order valence-electron chi connectivity index (χ1n) is 8.85. The highest BCUT2D eigenvalue weighted by Crippen LogP contribution is 2.23. The van der Waals surface area contributed by atoms with Crippen LogP contribution in [0.2, 0.25) is 0 Å². The monoisotopic (exact) mass is 281 g/mol. The molecule has 0 aromatic rings. The molecule has 118 valence electrons. The van der Waals surface area contributed by atoms with Crippen LogP contribution >= 0.6 is 0 Å². The zero-order valence-electron chi connectivity index (χ0n) is 13.9. The Bertz CT molecular complexity index is 253. The average molecular weight is 281 g/mol. The normalized spacial score (nSPS) is 30.0. The highest BCUT2D eigenvalue weighted by Gasteiger charge is 2.22. The second-order valence-electron chi connectivity index (χ2n) is 7.06. The number of rotatable bonds is 6. The number of likely N-dealkylation sites (N-methyl/N-ethyl adjacent to an activating group) is 1. The zero-order valence-corrected chi connectivity index (χ0v) is 13.9. The van der Waals surface area contributed by atoms with Gasteiger partial charge in [0.05, 0.1) is 0 Å². The topological polar surface area (TPSA) is 18.5 Å². The van der Waals surface area contributed by atoms with Crippen LogP contribution in [0.4, 0.5) is 0 Å². The van der Waals surface area contributed by atoms with Gasteiger partial charge in [0.1, 0.15) is 0 Å². The van der Waals surface area contributed by atoms with Crippen molar-refractivity contribution in [2.75, 3.05) is 39.8 Å². The molecule has 3 nitrogen and oxygen atoms in total. The SMILES string of the molecule is CCN1CCC(N(C)CCNC2CCC(C)CC2)CC1. The van der Waals surface area contributed by atoms with Gasteiger partial charge in [0.15, 0.2) is 0 Å². The molecule has 0 bridgehead atoms. The molecule has 1 aliphatic heterocycles. The number of likely N-dealkylation sites (tertiary alicyclic amines) is 1. The van der Waals surface area contributed by atoms with Gasteiger partial charge in [0, 0.05) is 25.2 Å². The van der Waals surface area contributed by atoms with E-state index < -0.39 is 0 Å². The van der Waals surface area contributed by atoms with Gasteiger partial charge in [0.2, 0.25) is 0 Å². The molecule has 1 N–H and O–H groups in total. The third-order valence-corrected chi connectivity index (χ3v) is 5.54. The first-order valence-corrected chi connectivity index (χ1v) is 8.85. The standard InChI is InChI=1S/C17H35N3/c1-4-20-12-9-17(10-13-20)19(3)14-11-18-16-7-5-15(2)6-8-16/h15-18H,4-14H2,1-3H3. The highest BCUT2D eigenvalue weighted by molar-refractivity contribution is 4.79. The Morgan fingerprint density at radius 3 is 2.30 bits per heavy atom. The van der Waals surface area contributed by atoms with Crippen molar-refractivity contribution in [3.05, 3.63) is 0 Å². The van der Waals surface area contributed by atoms with Crippen LogP contribution in [0.25, 0.3) is 0 Å². The number of nitrogens with one attached hydrogen (secondary N) is 1. The maximum atomic E-state index is 3.78. The maximum absolute atomic E-state index is 3.78. The van der Waals surface area contributed by atoms with Gasteiger partial charge in [-0.05, 0) is 71.1 Å². The first kappa shape index (κ1) is 16.3. The van der Waals surface area contributed by atoms with E-state index in [1.54, 1.807) is 0 Å². The van der Waals surface area contributed by atoms with Gasteiger partial charge >= 0.3 is 0 Å². The van der Waals surface area contributed by atoms with Crippen LogP contribution in [0.15, 0.2) is 0 Å². The zero-order chi connectivity index (χ0) is 14.4. The summed E-state index contributed by atoms with van der Waals surface area (Å²) in [4.78, 5) is 5.16. The van der Waals surface area contributed by atoms with Crippen molar-refractivity contribution in [3.8, 4) is 0 Å². The third-order valence-electron chi connectivity index (χ3n) is 5.54. The van der Waals surface area contributed by atoms with Gasteiger partial charge in [0.25, 0.3) is 0 Å². The summed E-state index contributed by atoms with van der Waals surface area (Å²) in [6, 6.07) is 1.60. The van der Waals surface area contributed by atoms with E-state index in [0.29, 0.717) is 0 Å². The van der Waals surface area contributed by atoms with Gasteiger partial charge in [-0.1, -0.05) is 13.8 Å². The van der Waals surface area contributed by atoms with Gasteiger partial charge in [-0.15, -0.1) is 0 Å². The summed E-state index contributed by atoms with van der Waals surface area (Å²) < 4.78 is 0. The number of nitrogens with zero attached hydrogens (tertiary/aromatic N) is 2. The van der Waals surface area contributed by atoms with Crippen molar-refractivity contribution in [2.24, 2.45) is 5.92 Å². The van der Waals surface area contributed by atoms with Crippen molar-refractivity contribution < 1.29 is 0 Å². The molecule has 0 spiro atoms. The van der Waals surface area contributed by atoms with Gasteiger partial charge in [-0.25, -0.2) is 0 Å². The van der Waals surface area contributed by atoms with Gasteiger partial charge in [-0.2, -0.15) is 0 Å². The minimum Gasteiger partial charge on any atom is -0.313 e. The molecule has 0 radical (unpaired) electrons. The summed E-state index contributed by atoms with van der Waals surface area (Å²) in [5.74, 6) is 0.958. The Morgan fingerprint density at radius 1 is 1.05 bits per heavy atom. The molecule has 0 atom stereocenters. The summed E-state index contributed by atoms with van der Waals surface area (Å²) in [6.07, 6.45) is 8.32. The molecule has 20 heavy (non-hydrogen) atoms. The quantitative estimate of drug-likeness (QED) is 0.807. The highest BCUT2D eigenvalue weighted by atomic mass is 15.2. The largest absolute Gasteiger partial charge is 0.313 e. The van der Waals surface area contributed by atoms with E-state index in [2.05, 4.69) is 36.0 Å². The first-order chi connectivity index (χ1) is 9.69. The van der Waals surface area contributed by atoms with Crippen LogP contribution in [0, 0.1) is 5.92 Å². The molecule has 2 fully saturated rings. The fourth-order valence-corrected chi connectivity index (χ4v) is 3.77. The van der Waals surface area contributed by atoms with Crippen molar-refractivity contribution in [1.82, 2.24) is 15.1 Å². The van der Waals surface area contributed by atoms with E-state index in [9.17, 15) is 0 Å². The molecular weight excluding hydrogens is 246 g/mol. The van der Waals surface area contributed by atoms with Crippen LogP contribution in [0.5, 0.6) is 0 Å². The van der Waals surface area contributed by atoms with E-state index in [4.69, 9.17) is 0 Å². The molecule has 0 unspecified atom stereocenters. The predicted molar refractivity (Wildman–Crippen MR) is 87.2 cm³/mol. The molecule has 0 aromatic heterocycles.